The number of carbonyl (C=O) groups is 1. The number of benzene rings is 3. The molecule has 0 aliphatic carbocycles. The van der Waals surface area contributed by atoms with E-state index in [0.717, 1.165) is 62.8 Å². The number of thiocarbonyl (C=S) groups is 1. The molecule has 0 radical (unpaired) electrons. The lowest BCUT2D eigenvalue weighted by atomic mass is 10.1. The maximum Gasteiger partial charge on any atom is 0.293 e. The van der Waals surface area contributed by atoms with Crippen LogP contribution in [-0.2, 0) is 6.42 Å². The maximum atomic E-state index is 12.9. The number of aryl methyl sites for hydroxylation is 1. The summed E-state index contributed by atoms with van der Waals surface area (Å²) in [6.45, 7) is 3.72. The van der Waals surface area contributed by atoms with Crippen LogP contribution in [0.1, 0.15) is 54.9 Å². The molecule has 4 aromatic rings. The minimum Gasteiger partial charge on any atom is -0.366 e. The van der Waals surface area contributed by atoms with Crippen LogP contribution < -0.4 is 15.5 Å². The maximum absolute atomic E-state index is 12.9. The van der Waals surface area contributed by atoms with Crippen molar-refractivity contribution in [2.24, 2.45) is 0 Å². The van der Waals surface area contributed by atoms with Crippen molar-refractivity contribution in [2.75, 3.05) is 23.3 Å². The van der Waals surface area contributed by atoms with E-state index >= 15 is 0 Å². The third kappa shape index (κ3) is 6.26. The first-order valence-corrected chi connectivity index (χ1v) is 13.9. The molecule has 1 aliphatic heterocycles. The number of carbonyl (C=O) groups excluding carboxylic acids is 1. The molecule has 5 rings (SSSR count). The molecule has 1 aromatic heterocycles. The molecule has 11 heteroatoms. The molecule has 206 valence electrons. The van der Waals surface area contributed by atoms with Gasteiger partial charge in [-0.3, -0.25) is 20.2 Å². The summed E-state index contributed by atoms with van der Waals surface area (Å²) in [6.07, 6.45) is 6.48. The summed E-state index contributed by atoms with van der Waals surface area (Å²) in [4.78, 5) is 27.8. The van der Waals surface area contributed by atoms with Crippen LogP contribution in [0.2, 0.25) is 0 Å². The topological polar surface area (TPSA) is 118 Å². The van der Waals surface area contributed by atoms with Gasteiger partial charge in [0.1, 0.15) is 16.7 Å². The minimum absolute atomic E-state index is 0.0715. The third-order valence-corrected chi connectivity index (χ3v) is 7.19. The summed E-state index contributed by atoms with van der Waals surface area (Å²) >= 11 is 5.35. The van der Waals surface area contributed by atoms with E-state index < -0.39 is 10.8 Å². The molecule has 1 aliphatic rings. The van der Waals surface area contributed by atoms with Gasteiger partial charge in [-0.15, -0.1) is 10.2 Å². The number of rotatable bonds is 8. The molecule has 0 saturated carbocycles. The number of anilines is 2. The van der Waals surface area contributed by atoms with E-state index in [2.05, 4.69) is 39.9 Å². The van der Waals surface area contributed by atoms with E-state index in [4.69, 9.17) is 12.2 Å². The van der Waals surface area contributed by atoms with Gasteiger partial charge in [-0.05, 0) is 92.4 Å². The van der Waals surface area contributed by atoms with Crippen LogP contribution in [-0.4, -0.2) is 44.0 Å². The Bertz CT molecular complexity index is 1550. The molecule has 0 spiro atoms. The summed E-state index contributed by atoms with van der Waals surface area (Å²) in [5, 5.41) is 26.6. The zero-order valence-corrected chi connectivity index (χ0v) is 23.1. The van der Waals surface area contributed by atoms with Crippen LogP contribution in [0.3, 0.4) is 0 Å². The Balaban J connectivity index is 1.25. The SMILES string of the molecule is CCCCc1ccc(-n2nc3ccc(NC(=S)NC(=O)c4ccc(N5CCCCC5)c([N+](=O)[O-])c4)cc3n2)cc1. The zero-order valence-electron chi connectivity index (χ0n) is 22.3. The summed E-state index contributed by atoms with van der Waals surface area (Å²) in [5.41, 5.74) is 4.79. The van der Waals surface area contributed by atoms with Crippen LogP contribution in [0.25, 0.3) is 16.7 Å². The third-order valence-electron chi connectivity index (χ3n) is 6.98. The molecule has 0 unspecified atom stereocenters. The van der Waals surface area contributed by atoms with E-state index in [1.165, 1.54) is 11.6 Å². The number of unbranched alkanes of at least 4 members (excludes halogenated alkanes) is 1. The summed E-state index contributed by atoms with van der Waals surface area (Å²) < 4.78 is 0. The Labute approximate surface area is 237 Å². The van der Waals surface area contributed by atoms with Gasteiger partial charge in [-0.2, -0.15) is 4.80 Å². The minimum atomic E-state index is -0.528. The first-order valence-electron chi connectivity index (χ1n) is 13.5. The Kier molecular flexibility index (Phi) is 8.30. The second kappa shape index (κ2) is 12.2. The van der Waals surface area contributed by atoms with Gasteiger partial charge < -0.3 is 10.2 Å². The van der Waals surface area contributed by atoms with E-state index in [1.54, 1.807) is 29.1 Å². The Morgan fingerprint density at radius 1 is 1.00 bits per heavy atom. The number of aromatic nitrogens is 3. The van der Waals surface area contributed by atoms with Gasteiger partial charge in [0.2, 0.25) is 0 Å². The lowest BCUT2D eigenvalue weighted by molar-refractivity contribution is -0.384. The van der Waals surface area contributed by atoms with E-state index in [0.29, 0.717) is 16.9 Å². The Morgan fingerprint density at radius 3 is 2.48 bits per heavy atom. The van der Waals surface area contributed by atoms with Gasteiger partial charge in [0, 0.05) is 30.4 Å². The molecule has 3 aromatic carbocycles. The molecule has 10 nitrogen and oxygen atoms in total. The van der Waals surface area contributed by atoms with Crippen molar-refractivity contribution >= 4 is 51.3 Å². The van der Waals surface area contributed by atoms with Crippen LogP contribution in [0.4, 0.5) is 17.1 Å². The molecular weight excluding hydrogens is 526 g/mol. The van der Waals surface area contributed by atoms with Crippen LogP contribution in [0.5, 0.6) is 0 Å². The first kappa shape index (κ1) is 27.2. The molecule has 40 heavy (non-hydrogen) atoms. The van der Waals surface area contributed by atoms with E-state index in [-0.39, 0.29) is 16.4 Å². The monoisotopic (exact) mass is 557 g/mol. The highest BCUT2D eigenvalue weighted by Gasteiger charge is 2.23. The van der Waals surface area contributed by atoms with Crippen molar-refractivity contribution in [3.8, 4) is 5.69 Å². The molecule has 2 N–H and O–H groups in total. The number of hydrogen-bond donors (Lipinski definition) is 2. The van der Waals surface area contributed by atoms with Crippen LogP contribution in [0.15, 0.2) is 60.7 Å². The lowest BCUT2D eigenvalue weighted by Gasteiger charge is -2.28. The molecule has 0 bridgehead atoms. The predicted molar refractivity (Wildman–Crippen MR) is 160 cm³/mol. The van der Waals surface area contributed by atoms with Crippen molar-refractivity contribution in [3.05, 3.63) is 81.9 Å². The highest BCUT2D eigenvalue weighted by atomic mass is 32.1. The highest BCUT2D eigenvalue weighted by Crippen LogP contribution is 2.31. The number of hydrogen-bond acceptors (Lipinski definition) is 7. The van der Waals surface area contributed by atoms with E-state index in [9.17, 15) is 14.9 Å². The Hall–Kier alpha value is -4.38. The van der Waals surface area contributed by atoms with Gasteiger partial charge in [-0.1, -0.05) is 25.5 Å². The number of amides is 1. The predicted octanol–water partition coefficient (Wildman–Crippen LogP) is 5.79. The zero-order chi connectivity index (χ0) is 28.1. The quantitative estimate of drug-likeness (QED) is 0.159. The van der Waals surface area contributed by atoms with E-state index in [1.807, 2.05) is 23.1 Å². The van der Waals surface area contributed by atoms with Crippen molar-refractivity contribution < 1.29 is 9.72 Å². The van der Waals surface area contributed by atoms with Gasteiger partial charge >= 0.3 is 0 Å². The molecule has 2 heterocycles. The highest BCUT2D eigenvalue weighted by molar-refractivity contribution is 7.80. The molecular formula is C29H31N7O3S. The molecule has 1 fully saturated rings. The lowest BCUT2D eigenvalue weighted by Crippen LogP contribution is -2.34. The average molecular weight is 558 g/mol. The number of fused-ring (bicyclic) bond motifs is 1. The van der Waals surface area contributed by atoms with Crippen molar-refractivity contribution in [1.29, 1.82) is 0 Å². The van der Waals surface area contributed by atoms with Crippen LogP contribution in [0, 0.1) is 10.1 Å². The van der Waals surface area contributed by atoms with Gasteiger partial charge in [-0.25, -0.2) is 0 Å². The van der Waals surface area contributed by atoms with Gasteiger partial charge in [0.05, 0.1) is 10.6 Å². The number of nitro benzene ring substituents is 1. The fraction of sp³-hybridized carbons (Fsp3) is 0.310. The number of nitrogens with one attached hydrogen (secondary N) is 2. The second-order valence-corrected chi connectivity index (χ2v) is 10.3. The van der Waals surface area contributed by atoms with Crippen molar-refractivity contribution in [2.45, 2.75) is 45.4 Å². The summed E-state index contributed by atoms with van der Waals surface area (Å²) in [7, 11) is 0. The van der Waals surface area contributed by atoms with Crippen molar-refractivity contribution in [1.82, 2.24) is 20.3 Å². The van der Waals surface area contributed by atoms with Gasteiger partial charge in [0.15, 0.2) is 5.11 Å². The smallest absolute Gasteiger partial charge is 0.293 e. The number of nitrogens with zero attached hydrogens (tertiary/aromatic N) is 5. The fourth-order valence-corrected chi connectivity index (χ4v) is 5.05. The first-order chi connectivity index (χ1) is 19.4. The average Bonchev–Trinajstić information content (AvgIpc) is 3.40. The number of nitro groups is 1. The Morgan fingerprint density at radius 2 is 1.75 bits per heavy atom. The fourth-order valence-electron chi connectivity index (χ4n) is 4.84. The normalized spacial score (nSPS) is 13.3. The van der Waals surface area contributed by atoms with Crippen molar-refractivity contribution in [3.63, 3.8) is 0 Å². The standard InChI is InChI=1S/C29H31N7O3S/c1-2-3-7-20-8-12-23(13-9-20)35-32-24-14-11-22(19-25(24)33-35)30-29(40)31-28(37)21-10-15-26(27(18-21)36(38)39)34-16-5-4-6-17-34/h8-15,18-19H,2-7,16-17H2,1H3,(H2,30,31,37,40). The molecule has 1 saturated heterocycles. The largest absolute Gasteiger partial charge is 0.366 e. The molecule has 0 atom stereocenters. The molecule has 1 amide bonds. The summed E-state index contributed by atoms with van der Waals surface area (Å²) in [5.74, 6) is -0.528. The second-order valence-electron chi connectivity index (χ2n) is 9.88. The number of piperidine rings is 1. The van der Waals surface area contributed by atoms with Gasteiger partial charge in [0.25, 0.3) is 11.6 Å². The summed E-state index contributed by atoms with van der Waals surface area (Å²) in [6, 6.07) is 18.2. The van der Waals surface area contributed by atoms with Crippen LogP contribution >= 0.6 is 12.2 Å².